The highest BCUT2D eigenvalue weighted by atomic mass is 16.5. The standard InChI is InChI=1S/C29H40N8O2/c1-18(2)36-10-6-22(7-11-36)33-27(38)20-4-5-21(24(12-20)39-3)17-37-25-23(16-32-37)34-28(30)35-26(25)31-15-19-13-29(14-19)8-9-29/h4-5,12,16,18-19,22H,6-11,13-15,17H2,1-3H3,(H,33,38)(H3,30,31,34,35). The van der Waals surface area contributed by atoms with Crippen LogP contribution >= 0.6 is 0 Å². The molecule has 3 heterocycles. The van der Waals surface area contributed by atoms with Gasteiger partial charge in [-0.3, -0.25) is 9.48 Å². The summed E-state index contributed by atoms with van der Waals surface area (Å²) in [4.78, 5) is 24.4. The number of piperidine rings is 1. The van der Waals surface area contributed by atoms with Crippen LogP contribution in [0.4, 0.5) is 11.8 Å². The number of nitrogens with zero attached hydrogens (tertiary/aromatic N) is 5. The number of nitrogens with one attached hydrogen (secondary N) is 2. The number of fused-ring (bicyclic) bond motifs is 1. The maximum absolute atomic E-state index is 13.0. The van der Waals surface area contributed by atoms with Crippen LogP contribution in [0.15, 0.2) is 24.4 Å². The van der Waals surface area contributed by atoms with E-state index in [-0.39, 0.29) is 17.9 Å². The van der Waals surface area contributed by atoms with Gasteiger partial charge >= 0.3 is 0 Å². The Morgan fingerprint density at radius 1 is 1.21 bits per heavy atom. The zero-order valence-corrected chi connectivity index (χ0v) is 23.2. The SMILES string of the molecule is COc1cc(C(=O)NC2CCN(C(C)C)CC2)ccc1Cn1ncc2nc(N)nc(NCC3CC4(CC4)C3)c21. The first-order valence-corrected chi connectivity index (χ1v) is 14.3. The van der Waals surface area contributed by atoms with Gasteiger partial charge in [-0.25, -0.2) is 4.98 Å². The molecule has 10 heteroatoms. The number of nitrogen functional groups attached to an aromatic ring is 1. The molecule has 0 radical (unpaired) electrons. The van der Waals surface area contributed by atoms with Gasteiger partial charge in [0.2, 0.25) is 5.95 Å². The summed E-state index contributed by atoms with van der Waals surface area (Å²) in [6, 6.07) is 6.36. The molecule has 1 amide bonds. The average Bonchev–Trinajstić information content (AvgIpc) is 3.61. The molecule has 4 N–H and O–H groups in total. The van der Waals surface area contributed by atoms with Gasteiger partial charge in [-0.1, -0.05) is 6.07 Å². The summed E-state index contributed by atoms with van der Waals surface area (Å²) in [6.45, 7) is 7.79. The molecule has 0 unspecified atom stereocenters. The van der Waals surface area contributed by atoms with Crippen LogP contribution in [-0.4, -0.2) is 69.4 Å². The van der Waals surface area contributed by atoms with E-state index < -0.39 is 0 Å². The molecule has 3 aliphatic rings. The van der Waals surface area contributed by atoms with E-state index in [9.17, 15) is 4.79 Å². The van der Waals surface area contributed by atoms with Crippen LogP contribution in [0.25, 0.3) is 11.0 Å². The summed E-state index contributed by atoms with van der Waals surface area (Å²) >= 11 is 0. The third-order valence-corrected chi connectivity index (χ3v) is 8.93. The van der Waals surface area contributed by atoms with Crippen LogP contribution in [0.5, 0.6) is 5.75 Å². The lowest BCUT2D eigenvalue weighted by atomic mass is 9.72. The number of benzene rings is 1. The van der Waals surface area contributed by atoms with Crippen molar-refractivity contribution < 1.29 is 9.53 Å². The Hall–Kier alpha value is -3.40. The van der Waals surface area contributed by atoms with Crippen LogP contribution in [0.2, 0.25) is 0 Å². The fourth-order valence-corrected chi connectivity index (χ4v) is 6.40. The second kappa shape index (κ2) is 10.3. The molecule has 1 saturated heterocycles. The molecule has 39 heavy (non-hydrogen) atoms. The molecule has 2 saturated carbocycles. The first-order valence-electron chi connectivity index (χ1n) is 14.3. The van der Waals surface area contributed by atoms with E-state index in [0.29, 0.717) is 46.6 Å². The topological polar surface area (TPSA) is 123 Å². The van der Waals surface area contributed by atoms with Gasteiger partial charge in [0, 0.05) is 42.8 Å². The van der Waals surface area contributed by atoms with Gasteiger partial charge in [-0.2, -0.15) is 10.1 Å². The molecular formula is C29H40N8O2. The Bertz CT molecular complexity index is 1350. The van der Waals surface area contributed by atoms with E-state index in [4.69, 9.17) is 10.5 Å². The number of hydrogen-bond donors (Lipinski definition) is 3. The molecule has 1 aromatic carbocycles. The molecular weight excluding hydrogens is 492 g/mol. The van der Waals surface area contributed by atoms with E-state index in [0.717, 1.165) is 43.6 Å². The number of hydrogen-bond acceptors (Lipinski definition) is 8. The predicted octanol–water partition coefficient (Wildman–Crippen LogP) is 3.67. The highest BCUT2D eigenvalue weighted by Crippen LogP contribution is 2.63. The molecule has 2 aliphatic carbocycles. The number of methoxy groups -OCH3 is 1. The van der Waals surface area contributed by atoms with Crippen molar-refractivity contribution in [3.63, 3.8) is 0 Å². The lowest BCUT2D eigenvalue weighted by molar-refractivity contribution is 0.0900. The van der Waals surface area contributed by atoms with Crippen molar-refractivity contribution in [2.45, 2.75) is 71.0 Å². The molecule has 0 atom stereocenters. The Kier molecular flexibility index (Phi) is 6.82. The van der Waals surface area contributed by atoms with Crippen molar-refractivity contribution >= 4 is 28.7 Å². The highest BCUT2D eigenvalue weighted by Gasteiger charge is 2.52. The first kappa shape index (κ1) is 25.9. The van der Waals surface area contributed by atoms with Gasteiger partial charge in [0.05, 0.1) is 19.9 Å². The van der Waals surface area contributed by atoms with E-state index >= 15 is 0 Å². The minimum absolute atomic E-state index is 0.0632. The van der Waals surface area contributed by atoms with Crippen molar-refractivity contribution in [3.8, 4) is 5.75 Å². The summed E-state index contributed by atoms with van der Waals surface area (Å²) in [6.07, 6.45) is 9.04. The van der Waals surface area contributed by atoms with E-state index in [1.54, 1.807) is 13.3 Å². The summed E-state index contributed by atoms with van der Waals surface area (Å²) in [5, 5.41) is 11.3. The molecule has 3 aromatic rings. The number of nitrogens with two attached hydrogens (primary N) is 1. The number of rotatable bonds is 9. The zero-order valence-electron chi connectivity index (χ0n) is 23.2. The number of likely N-dealkylation sites (tertiary alicyclic amines) is 1. The smallest absolute Gasteiger partial charge is 0.251 e. The van der Waals surface area contributed by atoms with Crippen molar-refractivity contribution in [1.29, 1.82) is 0 Å². The Labute approximate surface area is 229 Å². The minimum atomic E-state index is -0.0632. The van der Waals surface area contributed by atoms with Gasteiger partial charge in [0.25, 0.3) is 5.91 Å². The first-order chi connectivity index (χ1) is 18.8. The molecule has 0 bridgehead atoms. The normalized spacial score (nSPS) is 19.4. The zero-order chi connectivity index (χ0) is 27.1. The van der Waals surface area contributed by atoms with Crippen molar-refractivity contribution in [3.05, 3.63) is 35.5 Å². The number of ether oxygens (including phenoxy) is 1. The lowest BCUT2D eigenvalue weighted by Crippen LogP contribution is -2.46. The summed E-state index contributed by atoms with van der Waals surface area (Å²) in [5.74, 6) is 2.21. The largest absolute Gasteiger partial charge is 0.496 e. The average molecular weight is 533 g/mol. The molecule has 208 valence electrons. The fourth-order valence-electron chi connectivity index (χ4n) is 6.40. The van der Waals surface area contributed by atoms with E-state index in [1.807, 2.05) is 22.9 Å². The number of amides is 1. The van der Waals surface area contributed by atoms with Crippen molar-refractivity contribution in [1.82, 2.24) is 30.0 Å². The monoisotopic (exact) mass is 532 g/mol. The van der Waals surface area contributed by atoms with Crippen molar-refractivity contribution in [2.75, 3.05) is 37.8 Å². The van der Waals surface area contributed by atoms with Gasteiger partial charge in [-0.05, 0) is 75.8 Å². The number of aromatic nitrogens is 4. The number of carbonyl (C=O) groups excluding carboxylic acids is 1. The molecule has 2 aromatic heterocycles. The maximum atomic E-state index is 13.0. The molecule has 10 nitrogen and oxygen atoms in total. The second-order valence-corrected chi connectivity index (χ2v) is 12.0. The Morgan fingerprint density at radius 2 is 1.97 bits per heavy atom. The summed E-state index contributed by atoms with van der Waals surface area (Å²) in [5.41, 5.74) is 9.72. The third kappa shape index (κ3) is 5.39. The minimum Gasteiger partial charge on any atom is -0.496 e. The predicted molar refractivity (Wildman–Crippen MR) is 152 cm³/mol. The molecule has 1 spiro atoms. The van der Waals surface area contributed by atoms with Gasteiger partial charge in [0.15, 0.2) is 5.82 Å². The van der Waals surface area contributed by atoms with Gasteiger partial charge < -0.3 is 26.0 Å². The Morgan fingerprint density at radius 3 is 2.67 bits per heavy atom. The lowest BCUT2D eigenvalue weighted by Gasteiger charge is -2.36. The molecule has 6 rings (SSSR count). The summed E-state index contributed by atoms with van der Waals surface area (Å²) in [7, 11) is 1.63. The number of anilines is 2. The van der Waals surface area contributed by atoms with E-state index in [2.05, 4.69) is 44.4 Å². The van der Waals surface area contributed by atoms with Crippen LogP contribution in [-0.2, 0) is 6.54 Å². The quantitative estimate of drug-likeness (QED) is 0.382. The second-order valence-electron chi connectivity index (χ2n) is 12.0. The highest BCUT2D eigenvalue weighted by molar-refractivity contribution is 5.95. The van der Waals surface area contributed by atoms with Crippen LogP contribution in [0.1, 0.15) is 68.3 Å². The van der Waals surface area contributed by atoms with Crippen LogP contribution in [0.3, 0.4) is 0 Å². The molecule has 3 fully saturated rings. The molecule has 1 aliphatic heterocycles. The van der Waals surface area contributed by atoms with E-state index in [1.165, 1.54) is 25.7 Å². The van der Waals surface area contributed by atoms with Gasteiger partial charge in [0.1, 0.15) is 16.8 Å². The fraction of sp³-hybridized carbons (Fsp3) is 0.586. The third-order valence-electron chi connectivity index (χ3n) is 8.93. The number of carbonyl (C=O) groups is 1. The van der Waals surface area contributed by atoms with Crippen LogP contribution < -0.4 is 21.1 Å². The summed E-state index contributed by atoms with van der Waals surface area (Å²) < 4.78 is 7.58. The van der Waals surface area contributed by atoms with Crippen molar-refractivity contribution in [2.24, 2.45) is 11.3 Å². The van der Waals surface area contributed by atoms with Crippen LogP contribution in [0, 0.1) is 11.3 Å². The van der Waals surface area contributed by atoms with Gasteiger partial charge in [-0.15, -0.1) is 0 Å². The maximum Gasteiger partial charge on any atom is 0.251 e. The Balaban J connectivity index is 1.15.